The van der Waals surface area contributed by atoms with Gasteiger partial charge in [-0.1, -0.05) is 361 Å². The van der Waals surface area contributed by atoms with E-state index in [2.05, 4.69) is 447 Å². The van der Waals surface area contributed by atoms with Gasteiger partial charge in [0.2, 0.25) is 23.6 Å². The third-order valence-electron chi connectivity index (χ3n) is 31.9. The molecule has 0 fully saturated rings. The highest BCUT2D eigenvalue weighted by Crippen LogP contribution is 2.58. The molecule has 0 bridgehead atoms. The summed E-state index contributed by atoms with van der Waals surface area (Å²) in [7, 11) is 0. The summed E-state index contributed by atoms with van der Waals surface area (Å²) < 4.78 is 20.5. The lowest BCUT2D eigenvalue weighted by Crippen LogP contribution is -2.19. The number of hydrogen-bond acceptors (Lipinski definition) is 10. The minimum absolute atomic E-state index is 0.134. The molecule has 13 heteroatoms. The zero-order chi connectivity index (χ0) is 99.0. The lowest BCUT2D eigenvalue weighted by molar-refractivity contribution is 0.632. The molecule has 0 saturated heterocycles. The van der Waals surface area contributed by atoms with Gasteiger partial charge in [0.1, 0.15) is 21.6 Å². The first-order valence-corrected chi connectivity index (χ1v) is 51.9. The average molecular weight is 1940 g/mol. The second-order valence-corrected chi connectivity index (χ2v) is 41.9. The first kappa shape index (κ1) is 85.2. The van der Waals surface area contributed by atoms with E-state index in [1.165, 1.54) is 130 Å². The number of fused-ring (bicyclic) bond motifs is 33. The van der Waals surface area contributed by atoms with Crippen LogP contribution in [0, 0.1) is 0 Å². The Kier molecular flexibility index (Phi) is 18.5. The predicted molar refractivity (Wildman–Crippen MR) is 622 cm³/mol. The Morgan fingerprint density at radius 2 is 0.667 bits per heavy atom. The minimum Gasteiger partial charge on any atom is -0.456 e. The van der Waals surface area contributed by atoms with E-state index in [4.69, 9.17) is 38.7 Å². The summed E-state index contributed by atoms with van der Waals surface area (Å²) in [5.74, 6) is 1.95. The summed E-state index contributed by atoms with van der Waals surface area (Å²) in [5.41, 5.74) is 29.6. The van der Waals surface area contributed by atoms with Crippen molar-refractivity contribution >= 4 is 206 Å². The van der Waals surface area contributed by atoms with Gasteiger partial charge in [0.25, 0.3) is 0 Å². The lowest BCUT2D eigenvalue weighted by Gasteiger charge is -2.23. The molecule has 0 spiro atoms. The summed E-state index contributed by atoms with van der Waals surface area (Å²) in [6.45, 7) is 9.33. The molecule has 2 aliphatic rings. The summed E-state index contributed by atoms with van der Waals surface area (Å²) in [6.07, 6.45) is 3.77. The highest BCUT2D eigenvalue weighted by Gasteiger charge is 2.44. The van der Waals surface area contributed by atoms with Gasteiger partial charge in [0.05, 0.1) is 61.3 Å². The van der Waals surface area contributed by atoms with E-state index in [1.54, 1.807) is 11.3 Å². The number of benzene rings is 21. The van der Waals surface area contributed by atoms with Crippen molar-refractivity contribution in [3.63, 3.8) is 0 Å². The Morgan fingerprint density at radius 3 is 1.28 bits per heavy atom. The summed E-state index contributed by atoms with van der Waals surface area (Å²) in [4.78, 5) is 38.1. The van der Waals surface area contributed by atoms with Crippen LogP contribution in [-0.4, -0.2) is 48.6 Å². The maximum Gasteiger partial charge on any atom is 0.238 e. The molecule has 0 radical (unpaired) electrons. The number of aromatic nitrogens is 10. The van der Waals surface area contributed by atoms with E-state index in [0.717, 1.165) is 160 Å². The fraction of sp³-hybridized carbons (Fsp3) is 0.0438. The Bertz CT molecular complexity index is 11200. The van der Waals surface area contributed by atoms with Gasteiger partial charge in [0.15, 0.2) is 0 Å². The molecule has 702 valence electrons. The molecule has 10 heterocycles. The third-order valence-corrected chi connectivity index (χ3v) is 32.9. The van der Waals surface area contributed by atoms with Gasteiger partial charge < -0.3 is 8.83 Å². The second kappa shape index (κ2) is 32.6. The minimum atomic E-state index is -0.393. The maximum absolute atomic E-state index is 6.50. The van der Waals surface area contributed by atoms with E-state index >= 15 is 0 Å². The molecule has 0 atom stereocenters. The number of para-hydroxylation sites is 5. The third kappa shape index (κ3) is 12.9. The first-order valence-electron chi connectivity index (χ1n) is 51.1. The van der Waals surface area contributed by atoms with Crippen molar-refractivity contribution in [2.45, 2.75) is 38.5 Å². The Morgan fingerprint density at radius 1 is 0.233 bits per heavy atom. The fourth-order valence-corrected chi connectivity index (χ4v) is 25.9. The molecule has 0 N–H and O–H groups in total. The lowest BCUT2D eigenvalue weighted by atomic mass is 9.82. The molecule has 0 saturated carbocycles. The predicted octanol–water partition coefficient (Wildman–Crippen LogP) is 36.1. The van der Waals surface area contributed by atoms with Gasteiger partial charge in [-0.05, 0) is 223 Å². The molecule has 0 amide bonds. The number of rotatable bonds is 8. The normalized spacial score (nSPS) is 13.0. The van der Waals surface area contributed by atoms with Gasteiger partial charge in [-0.3, -0.25) is 18.7 Å². The number of pyridine rings is 1. The molecular weight excluding hydrogens is 1850 g/mol. The molecule has 150 heavy (non-hydrogen) atoms. The van der Waals surface area contributed by atoms with Crippen LogP contribution in [0.2, 0.25) is 0 Å². The van der Waals surface area contributed by atoms with E-state index < -0.39 is 5.41 Å². The number of hydrogen-bond donors (Lipinski definition) is 0. The molecule has 21 aromatic carbocycles. The quantitative estimate of drug-likeness (QED) is 0.136. The Labute approximate surface area is 863 Å². The van der Waals surface area contributed by atoms with Gasteiger partial charge in [0, 0.05) is 109 Å². The number of thiophene rings is 1. The van der Waals surface area contributed by atoms with Crippen LogP contribution >= 0.6 is 11.3 Å². The molecule has 33 rings (SSSR count). The fourth-order valence-electron chi connectivity index (χ4n) is 24.8. The van der Waals surface area contributed by atoms with E-state index in [-0.39, 0.29) is 5.41 Å². The van der Waals surface area contributed by atoms with Crippen LogP contribution in [0.1, 0.15) is 50.1 Å². The smallest absolute Gasteiger partial charge is 0.238 e. The number of furan rings is 2. The molecular formula is C137H86N10O2S. The van der Waals surface area contributed by atoms with Gasteiger partial charge >= 0.3 is 0 Å². The van der Waals surface area contributed by atoms with Crippen LogP contribution in [0.25, 0.3) is 290 Å². The van der Waals surface area contributed by atoms with Crippen molar-refractivity contribution in [2.75, 3.05) is 0 Å². The molecule has 0 aliphatic heterocycles. The monoisotopic (exact) mass is 1930 g/mol. The Hall–Kier alpha value is -19.2. The topological polar surface area (TPSA) is 131 Å². The second-order valence-electron chi connectivity index (χ2n) is 40.9. The van der Waals surface area contributed by atoms with Crippen molar-refractivity contribution in [3.05, 3.63) is 472 Å². The van der Waals surface area contributed by atoms with Crippen LogP contribution in [-0.2, 0) is 10.8 Å². The first-order chi connectivity index (χ1) is 73.9. The van der Waals surface area contributed by atoms with E-state index in [0.29, 0.717) is 23.6 Å². The molecule has 31 aromatic rings. The van der Waals surface area contributed by atoms with Crippen LogP contribution in [0.4, 0.5) is 0 Å². The van der Waals surface area contributed by atoms with Crippen molar-refractivity contribution in [1.29, 1.82) is 0 Å². The molecule has 0 unspecified atom stereocenters. The Balaban J connectivity index is 0.000000101. The van der Waals surface area contributed by atoms with Crippen LogP contribution in [0.5, 0.6) is 0 Å². The van der Waals surface area contributed by atoms with Crippen molar-refractivity contribution in [3.8, 4) is 96.1 Å². The van der Waals surface area contributed by atoms with Gasteiger partial charge in [-0.25, -0.2) is 24.9 Å². The van der Waals surface area contributed by atoms with E-state index in [1.807, 2.05) is 48.8 Å². The largest absolute Gasteiger partial charge is 0.456 e. The maximum atomic E-state index is 6.50. The highest BCUT2D eigenvalue weighted by molar-refractivity contribution is 7.25. The zero-order valence-corrected chi connectivity index (χ0v) is 82.7. The summed E-state index contributed by atoms with van der Waals surface area (Å²) in [5, 5.41) is 28.2. The standard InChI is InChI=1S/C49H36N4.C44H25N3OS.C44H25N3O/c1-48(2)38-19-9-7-17-34(38)43-36(18-11-20-39(43)48)45-44-35-23-22-31(32-15-12-24-50-28-32)26-40(35)49(3,4)46(44)52-47(51-45)53-41-21-10-8-16-33(41)37-25-29-13-5-6-14-30(29)27-42(37)53;1-2-10-26(11-3-1)42-41-33-20-18-30(29-19-21-39-35(23-29)32-15-7-9-17-38(32)48-39)25-40(33)49-43(41)46-44(45-42)47-36-16-8-6-14-31(36)34-22-27-12-4-5-13-28(27)24-37(34)47;1-2-12-27-25-39-37(23-26(27)11-1)34-17-7-9-19-38(34)47(39)44-45-42(41-35-18-8-10-20-40(35)48-43(41)46-44)28-21-22-33-31-15-4-3-13-29(31)30-14-5-6-16-32(30)36(33)24-28/h5-28H,1-4H3;1-25H;1-25H. The van der Waals surface area contributed by atoms with Gasteiger partial charge in [-0.15, -0.1) is 11.3 Å². The van der Waals surface area contributed by atoms with Crippen LogP contribution in [0.15, 0.2) is 458 Å². The zero-order valence-electron chi connectivity index (χ0n) is 81.9. The molecule has 10 aromatic heterocycles. The van der Waals surface area contributed by atoms with Crippen LogP contribution < -0.4 is 0 Å². The van der Waals surface area contributed by atoms with Crippen molar-refractivity contribution < 1.29 is 8.83 Å². The highest BCUT2D eigenvalue weighted by atomic mass is 32.1. The average Bonchev–Trinajstić information content (AvgIpc) is 1.53. The van der Waals surface area contributed by atoms with Crippen molar-refractivity contribution in [2.24, 2.45) is 0 Å². The molecule has 2 aliphatic carbocycles. The molecule has 12 nitrogen and oxygen atoms in total. The summed E-state index contributed by atoms with van der Waals surface area (Å²) >= 11 is 1.73. The SMILES string of the molecule is CC1(C)c2ccccc2-c2c(-c3nc(-n4c5ccccc5c5cc6ccccc6cc54)nc4c3-c3ccc(-c5cccnc5)cc3C4(C)C)cccc21.c1ccc(-c2nc(-n3c4ccccc4c4cc5ccccc5cc43)nc3sc4cc(-c5ccc6oc7ccccc7c6c5)ccc4c23)cc1.c1ccc2cc3c(cc2c1)c1ccccc1n3-c1nc(-c2ccc3c4ccccc4c4ccccc4c3c2)c2c(n1)oc1ccccc12. The number of nitrogens with zero attached hydrogens (tertiary/aromatic N) is 10. The van der Waals surface area contributed by atoms with E-state index in [9.17, 15) is 0 Å². The van der Waals surface area contributed by atoms with Crippen LogP contribution in [0.3, 0.4) is 0 Å². The van der Waals surface area contributed by atoms with Crippen molar-refractivity contribution in [1.82, 2.24) is 48.6 Å². The summed E-state index contributed by atoms with van der Waals surface area (Å²) in [6, 6.07) is 156. The van der Waals surface area contributed by atoms with Gasteiger partial charge in [-0.2, -0.15) is 4.98 Å².